The smallest absolute Gasteiger partial charge is 0.459 e. The average molecular weight is 558 g/mol. The maximum absolute atomic E-state index is 14.0. The zero-order valence-corrected chi connectivity index (χ0v) is 22.5. The van der Waals surface area contributed by atoms with E-state index in [4.69, 9.17) is 24.3 Å². The summed E-state index contributed by atoms with van der Waals surface area (Å²) in [6, 6.07) is 9.24. The number of imidazole rings is 1. The number of aliphatic hydroxyl groups is 1. The molecular formula is C24H28N7O7P. The lowest BCUT2D eigenvalue weighted by Crippen LogP contribution is -2.42. The number of nitrogen functional groups attached to an aromatic ring is 1. The van der Waals surface area contributed by atoms with Crippen molar-refractivity contribution in [3.05, 3.63) is 43.0 Å². The summed E-state index contributed by atoms with van der Waals surface area (Å²) >= 11 is 0. The van der Waals surface area contributed by atoms with Crippen LogP contribution >= 0.6 is 7.75 Å². The molecule has 1 aliphatic carbocycles. The van der Waals surface area contributed by atoms with Gasteiger partial charge in [0, 0.05) is 0 Å². The Morgan fingerprint density at radius 1 is 1.28 bits per heavy atom. The number of hydrogen-bond acceptors (Lipinski definition) is 12. The van der Waals surface area contributed by atoms with Crippen LogP contribution in [0.3, 0.4) is 0 Å². The van der Waals surface area contributed by atoms with Crippen LogP contribution in [0, 0.1) is 16.7 Å². The van der Waals surface area contributed by atoms with Crippen LogP contribution in [-0.4, -0.2) is 60.5 Å². The third kappa shape index (κ3) is 4.42. The van der Waals surface area contributed by atoms with Gasteiger partial charge in [-0.15, -0.1) is 0 Å². The maximum atomic E-state index is 14.0. The molecule has 1 saturated heterocycles. The molecule has 7 atom stereocenters. The molecule has 5 rings (SSSR count). The Morgan fingerprint density at radius 2 is 2.00 bits per heavy atom. The van der Waals surface area contributed by atoms with E-state index in [1.807, 2.05) is 0 Å². The highest BCUT2D eigenvalue weighted by atomic mass is 31.2. The number of anilines is 1. The molecule has 15 heteroatoms. The average Bonchev–Trinajstić information content (AvgIpc) is 3.16. The first-order valence-corrected chi connectivity index (χ1v) is 13.7. The van der Waals surface area contributed by atoms with Crippen molar-refractivity contribution in [1.29, 1.82) is 5.26 Å². The van der Waals surface area contributed by atoms with Crippen molar-refractivity contribution in [1.82, 2.24) is 24.6 Å². The molecule has 3 aromatic rings. The van der Waals surface area contributed by atoms with Gasteiger partial charge in [-0.25, -0.2) is 19.5 Å². The van der Waals surface area contributed by atoms with E-state index in [-0.39, 0.29) is 11.6 Å². The van der Waals surface area contributed by atoms with E-state index in [0.717, 1.165) is 0 Å². The summed E-state index contributed by atoms with van der Waals surface area (Å²) in [7, 11) is -4.33. The van der Waals surface area contributed by atoms with Crippen LogP contribution in [0.2, 0.25) is 0 Å². The van der Waals surface area contributed by atoms with E-state index in [0.29, 0.717) is 11.2 Å². The Hall–Kier alpha value is -3.60. The molecule has 0 radical (unpaired) electrons. The predicted molar refractivity (Wildman–Crippen MR) is 136 cm³/mol. The fraction of sp³-hybridized carbons (Fsp3) is 0.458. The number of nitrogens with zero attached hydrogens (tertiary/aromatic N) is 5. The molecule has 14 nitrogen and oxygen atoms in total. The quantitative estimate of drug-likeness (QED) is 0.256. The highest BCUT2D eigenvalue weighted by Gasteiger charge is 2.84. The first-order chi connectivity index (χ1) is 18.4. The molecule has 2 unspecified atom stereocenters. The SMILES string of the molecule is CC(C)OC(=O)[C@@H](C)NP(=O)(Oc1ccccc1)OC1[C@H]2O[C@@H](n3cnc4c(N)ncnc43)[C@](C)(C#N)[C@@]12O. The lowest BCUT2D eigenvalue weighted by Gasteiger charge is -2.32. The zero-order chi connectivity index (χ0) is 28.2. The number of esters is 1. The highest BCUT2D eigenvalue weighted by Crippen LogP contribution is 2.68. The molecule has 0 bridgehead atoms. The van der Waals surface area contributed by atoms with Crippen LogP contribution < -0.4 is 15.3 Å². The van der Waals surface area contributed by atoms with Crippen molar-refractivity contribution in [2.24, 2.45) is 5.41 Å². The number of rotatable bonds is 9. The second-order valence-electron chi connectivity index (χ2n) is 9.90. The van der Waals surface area contributed by atoms with Gasteiger partial charge in [0.2, 0.25) is 0 Å². The number of hydrogen-bond donors (Lipinski definition) is 3. The third-order valence-electron chi connectivity index (χ3n) is 6.79. The number of carbonyl (C=O) groups excluding carboxylic acids is 1. The molecule has 39 heavy (non-hydrogen) atoms. The van der Waals surface area contributed by atoms with Crippen molar-refractivity contribution in [3.8, 4) is 11.8 Å². The Bertz CT molecular complexity index is 1490. The lowest BCUT2D eigenvalue weighted by molar-refractivity contribution is -0.149. The molecule has 4 N–H and O–H groups in total. The van der Waals surface area contributed by atoms with E-state index >= 15 is 0 Å². The van der Waals surface area contributed by atoms with Crippen molar-refractivity contribution >= 4 is 30.7 Å². The van der Waals surface area contributed by atoms with E-state index in [1.165, 1.54) is 31.1 Å². The van der Waals surface area contributed by atoms with Gasteiger partial charge < -0.3 is 24.8 Å². The number of carbonyl (C=O) groups is 1. The van der Waals surface area contributed by atoms with Crippen molar-refractivity contribution < 1.29 is 33.0 Å². The standard InChI is InChI=1S/C24H28N7O7P/c1-13(2)35-21(32)14(3)30-39(34,37-15-8-6-5-7-9-15)38-18-17-24(18,33)23(4,10-25)22(36-17)31-12-29-16-19(26)27-11-28-20(16)31/h5-9,11-14,17-18,22,33H,1-4H3,(H,30,34)(H2,26,27,28)/t14-,17-,18?,22-,23+,24+,39?/m1/s1. The van der Waals surface area contributed by atoms with E-state index in [1.54, 1.807) is 44.2 Å². The van der Waals surface area contributed by atoms with Crippen LogP contribution in [0.1, 0.15) is 33.9 Å². The van der Waals surface area contributed by atoms with Gasteiger partial charge in [0.25, 0.3) is 0 Å². The Labute approximate surface area is 223 Å². The molecule has 206 valence electrons. The topological polar surface area (TPSA) is 197 Å². The molecule has 3 heterocycles. The van der Waals surface area contributed by atoms with Crippen molar-refractivity contribution in [2.75, 3.05) is 5.73 Å². The fourth-order valence-electron chi connectivity index (χ4n) is 4.69. The van der Waals surface area contributed by atoms with Crippen LogP contribution in [0.4, 0.5) is 5.82 Å². The Morgan fingerprint density at radius 3 is 2.67 bits per heavy atom. The minimum atomic E-state index is -4.33. The minimum Gasteiger partial charge on any atom is -0.462 e. The first kappa shape index (κ1) is 27.0. The largest absolute Gasteiger partial charge is 0.462 e. The van der Waals surface area contributed by atoms with Crippen LogP contribution in [0.25, 0.3) is 11.2 Å². The molecule has 2 aliphatic rings. The maximum Gasteiger partial charge on any atom is 0.459 e. The predicted octanol–water partition coefficient (Wildman–Crippen LogP) is 2.08. The highest BCUT2D eigenvalue weighted by molar-refractivity contribution is 7.52. The summed E-state index contributed by atoms with van der Waals surface area (Å²) in [4.78, 5) is 24.8. The normalized spacial score (nSPS) is 29.8. The van der Waals surface area contributed by atoms with E-state index in [2.05, 4.69) is 26.1 Å². The monoisotopic (exact) mass is 557 g/mol. The third-order valence-corrected chi connectivity index (χ3v) is 8.44. The van der Waals surface area contributed by atoms with Gasteiger partial charge in [-0.05, 0) is 39.8 Å². The number of aromatic nitrogens is 4. The zero-order valence-electron chi connectivity index (χ0n) is 21.6. The first-order valence-electron chi connectivity index (χ1n) is 12.2. The van der Waals surface area contributed by atoms with Crippen molar-refractivity contribution in [3.63, 3.8) is 0 Å². The summed E-state index contributed by atoms with van der Waals surface area (Å²) in [5.41, 5.74) is 3.02. The molecule has 0 spiro atoms. The molecule has 0 amide bonds. The summed E-state index contributed by atoms with van der Waals surface area (Å²) < 4.78 is 38.2. The van der Waals surface area contributed by atoms with E-state index in [9.17, 15) is 19.7 Å². The van der Waals surface area contributed by atoms with Crippen LogP contribution in [-0.2, 0) is 23.4 Å². The lowest BCUT2D eigenvalue weighted by atomic mass is 9.82. The van der Waals surface area contributed by atoms with Gasteiger partial charge in [0.15, 0.2) is 17.7 Å². The molecule has 1 aliphatic heterocycles. The second kappa shape index (κ2) is 9.55. The number of para-hydroxylation sites is 1. The minimum absolute atomic E-state index is 0.149. The van der Waals surface area contributed by atoms with Gasteiger partial charge in [0.1, 0.15) is 46.9 Å². The summed E-state index contributed by atoms with van der Waals surface area (Å²) in [6.45, 7) is 6.31. The number of ether oxygens (including phenoxy) is 2. The number of benzene rings is 1. The van der Waals surface area contributed by atoms with Gasteiger partial charge in [-0.1, -0.05) is 18.2 Å². The molecule has 2 aromatic heterocycles. The summed E-state index contributed by atoms with van der Waals surface area (Å²) in [5.74, 6) is -0.332. The molecule has 2 fully saturated rings. The second-order valence-corrected chi connectivity index (χ2v) is 11.5. The molecule has 1 saturated carbocycles. The molecular weight excluding hydrogens is 529 g/mol. The summed E-state index contributed by atoms with van der Waals surface area (Å²) in [5, 5.41) is 24.5. The Kier molecular flexibility index (Phi) is 6.61. The number of nitrogens with two attached hydrogens (primary N) is 1. The Balaban J connectivity index is 1.42. The summed E-state index contributed by atoms with van der Waals surface area (Å²) in [6.07, 6.45) is -1.07. The van der Waals surface area contributed by atoms with Crippen molar-refractivity contribution in [2.45, 2.75) is 63.9 Å². The van der Waals surface area contributed by atoms with E-state index < -0.39 is 55.3 Å². The molecule has 1 aromatic carbocycles. The number of nitrogens with one attached hydrogen (secondary N) is 1. The fourth-order valence-corrected chi connectivity index (χ4v) is 6.40. The number of fused-ring (bicyclic) bond motifs is 2. The van der Waals surface area contributed by atoms with Crippen LogP contribution in [0.15, 0.2) is 43.0 Å². The number of nitriles is 1. The van der Waals surface area contributed by atoms with Gasteiger partial charge in [-0.3, -0.25) is 13.9 Å². The van der Waals surface area contributed by atoms with Gasteiger partial charge in [0.05, 0.1) is 18.5 Å². The van der Waals surface area contributed by atoms with Gasteiger partial charge >= 0.3 is 13.7 Å². The van der Waals surface area contributed by atoms with Crippen LogP contribution in [0.5, 0.6) is 5.75 Å². The van der Waals surface area contributed by atoms with Gasteiger partial charge in [-0.2, -0.15) is 10.3 Å².